The summed E-state index contributed by atoms with van der Waals surface area (Å²) < 4.78 is 0. The van der Waals surface area contributed by atoms with Gasteiger partial charge < -0.3 is 10.4 Å². The van der Waals surface area contributed by atoms with Crippen molar-refractivity contribution < 1.29 is 9.90 Å². The standard InChI is InChI=1S/C20H27N3O2/c1-11-21-10-16(17(22-11)12-4-2-3-5-12)19(24)23-18-14-6-13-7-20(25,8-14)9-15(13)18/h10,12-15,18,25H,2-9H2,1H3,(H,23,24)/t13?,14-,15-,18-,20-/m1/s1. The number of hydrogen-bond donors (Lipinski definition) is 2. The van der Waals surface area contributed by atoms with Gasteiger partial charge in [-0.05, 0) is 63.2 Å². The van der Waals surface area contributed by atoms with Gasteiger partial charge in [-0.2, -0.15) is 0 Å². The van der Waals surface area contributed by atoms with Crippen LogP contribution in [0.3, 0.4) is 0 Å². The van der Waals surface area contributed by atoms with Crippen molar-refractivity contribution in [3.63, 3.8) is 0 Å². The summed E-state index contributed by atoms with van der Waals surface area (Å²) in [6.07, 6.45) is 10.2. The van der Waals surface area contributed by atoms with Crippen molar-refractivity contribution in [2.75, 3.05) is 0 Å². The molecule has 4 bridgehead atoms. The number of nitrogens with zero attached hydrogens (tertiary/aromatic N) is 2. The van der Waals surface area contributed by atoms with Crippen LogP contribution in [0.4, 0.5) is 0 Å². The number of hydrogen-bond acceptors (Lipinski definition) is 4. The molecule has 5 fully saturated rings. The second kappa shape index (κ2) is 5.50. The maximum Gasteiger partial charge on any atom is 0.254 e. The van der Waals surface area contributed by atoms with Crippen molar-refractivity contribution in [2.24, 2.45) is 17.8 Å². The molecule has 2 N–H and O–H groups in total. The van der Waals surface area contributed by atoms with Crippen molar-refractivity contribution in [3.05, 3.63) is 23.3 Å². The van der Waals surface area contributed by atoms with E-state index in [1.54, 1.807) is 6.20 Å². The van der Waals surface area contributed by atoms with E-state index in [9.17, 15) is 9.90 Å². The highest BCUT2D eigenvalue weighted by Gasteiger charge is 2.60. The Bertz CT molecular complexity index is 711. The van der Waals surface area contributed by atoms with E-state index in [0.29, 0.717) is 29.2 Å². The number of rotatable bonds is 3. The van der Waals surface area contributed by atoms with Crippen LogP contribution in [0.25, 0.3) is 0 Å². The number of amides is 1. The van der Waals surface area contributed by atoms with Gasteiger partial charge in [-0.3, -0.25) is 4.79 Å². The molecular formula is C20H27N3O2. The number of aryl methyl sites for hydroxylation is 1. The van der Waals surface area contributed by atoms with Crippen LogP contribution in [0.1, 0.15) is 79.2 Å². The van der Waals surface area contributed by atoms with Gasteiger partial charge in [0.15, 0.2) is 0 Å². The monoisotopic (exact) mass is 341 g/mol. The highest BCUT2D eigenvalue weighted by atomic mass is 16.3. The van der Waals surface area contributed by atoms with Gasteiger partial charge in [-0.25, -0.2) is 9.97 Å². The Morgan fingerprint density at radius 3 is 2.76 bits per heavy atom. The summed E-state index contributed by atoms with van der Waals surface area (Å²) in [5.74, 6) is 2.63. The Morgan fingerprint density at radius 2 is 2.00 bits per heavy atom. The molecule has 0 aliphatic heterocycles. The Hall–Kier alpha value is -1.49. The summed E-state index contributed by atoms with van der Waals surface area (Å²) in [7, 11) is 0. The molecule has 5 aliphatic carbocycles. The van der Waals surface area contributed by atoms with Crippen LogP contribution < -0.4 is 5.32 Å². The smallest absolute Gasteiger partial charge is 0.254 e. The molecule has 5 nitrogen and oxygen atoms in total. The molecule has 6 rings (SSSR count). The van der Waals surface area contributed by atoms with Crippen LogP contribution in [-0.4, -0.2) is 32.6 Å². The lowest BCUT2D eigenvalue weighted by atomic mass is 9.76. The predicted octanol–water partition coefficient (Wildman–Crippen LogP) is 2.72. The fourth-order valence-corrected chi connectivity index (χ4v) is 6.38. The van der Waals surface area contributed by atoms with Crippen LogP contribution in [0.2, 0.25) is 0 Å². The van der Waals surface area contributed by atoms with Crippen molar-refractivity contribution >= 4 is 5.91 Å². The average Bonchev–Trinajstić information content (AvgIpc) is 3.23. The lowest BCUT2D eigenvalue weighted by Crippen LogP contribution is -2.48. The van der Waals surface area contributed by atoms with Gasteiger partial charge >= 0.3 is 0 Å². The van der Waals surface area contributed by atoms with Gasteiger partial charge in [0.1, 0.15) is 5.82 Å². The summed E-state index contributed by atoms with van der Waals surface area (Å²) in [6, 6.07) is 0.220. The van der Waals surface area contributed by atoms with Crippen molar-refractivity contribution in [1.82, 2.24) is 15.3 Å². The number of carbonyl (C=O) groups is 1. The molecule has 0 saturated heterocycles. The minimum atomic E-state index is -0.443. The molecule has 0 radical (unpaired) electrons. The van der Waals surface area contributed by atoms with Gasteiger partial charge in [0.25, 0.3) is 5.91 Å². The molecule has 5 atom stereocenters. The third-order valence-corrected chi connectivity index (χ3v) is 7.30. The second-order valence-electron chi connectivity index (χ2n) is 8.95. The molecule has 5 saturated carbocycles. The fraction of sp³-hybridized carbons (Fsp3) is 0.750. The van der Waals surface area contributed by atoms with E-state index in [1.165, 1.54) is 12.8 Å². The van der Waals surface area contributed by atoms with E-state index in [1.807, 2.05) is 6.92 Å². The quantitative estimate of drug-likeness (QED) is 0.886. The van der Waals surface area contributed by atoms with E-state index in [4.69, 9.17) is 0 Å². The molecule has 0 spiro atoms. The molecule has 1 aromatic heterocycles. The number of nitrogens with one attached hydrogen (secondary N) is 1. The topological polar surface area (TPSA) is 75.1 Å². The molecule has 1 heterocycles. The Labute approximate surface area is 148 Å². The van der Waals surface area contributed by atoms with Crippen molar-refractivity contribution in [1.29, 1.82) is 0 Å². The molecule has 134 valence electrons. The van der Waals surface area contributed by atoms with E-state index in [-0.39, 0.29) is 11.9 Å². The van der Waals surface area contributed by atoms with Crippen molar-refractivity contribution in [3.8, 4) is 0 Å². The molecule has 25 heavy (non-hydrogen) atoms. The fourth-order valence-electron chi connectivity index (χ4n) is 6.38. The van der Waals surface area contributed by atoms with Crippen LogP contribution in [0, 0.1) is 24.7 Å². The largest absolute Gasteiger partial charge is 0.390 e. The minimum Gasteiger partial charge on any atom is -0.390 e. The first-order valence-corrected chi connectivity index (χ1v) is 9.89. The van der Waals surface area contributed by atoms with Gasteiger partial charge in [0.2, 0.25) is 0 Å². The summed E-state index contributed by atoms with van der Waals surface area (Å²) in [5.41, 5.74) is 1.18. The maximum atomic E-state index is 13.1. The first kappa shape index (κ1) is 15.7. The summed E-state index contributed by atoms with van der Waals surface area (Å²) in [5, 5.41) is 13.9. The average molecular weight is 341 g/mol. The Morgan fingerprint density at radius 1 is 1.24 bits per heavy atom. The zero-order chi connectivity index (χ0) is 17.2. The molecule has 0 aromatic carbocycles. The third-order valence-electron chi connectivity index (χ3n) is 7.30. The minimum absolute atomic E-state index is 0.00473. The Balaban J connectivity index is 1.39. The summed E-state index contributed by atoms with van der Waals surface area (Å²) in [6.45, 7) is 1.90. The number of carbonyl (C=O) groups excluding carboxylic acids is 1. The molecule has 5 aliphatic rings. The van der Waals surface area contributed by atoms with E-state index < -0.39 is 5.60 Å². The van der Waals surface area contributed by atoms with Crippen LogP contribution >= 0.6 is 0 Å². The van der Waals surface area contributed by atoms with Gasteiger partial charge in [0, 0.05) is 18.2 Å². The summed E-state index contributed by atoms with van der Waals surface area (Å²) in [4.78, 5) is 22.0. The molecule has 1 aromatic rings. The van der Waals surface area contributed by atoms with Crippen LogP contribution in [0.15, 0.2) is 6.20 Å². The second-order valence-corrected chi connectivity index (χ2v) is 8.95. The van der Waals surface area contributed by atoms with Gasteiger partial charge in [-0.15, -0.1) is 0 Å². The SMILES string of the molecule is Cc1ncc(C(=O)N[C@@H]2[C@@H]3CC4C[C@@](O)(C3)C[C@H]42)c(C2CCCC2)n1. The van der Waals surface area contributed by atoms with Crippen molar-refractivity contribution in [2.45, 2.75) is 75.9 Å². The highest BCUT2D eigenvalue weighted by molar-refractivity contribution is 5.95. The zero-order valence-corrected chi connectivity index (χ0v) is 14.9. The Kier molecular flexibility index (Phi) is 3.46. The van der Waals surface area contributed by atoms with Gasteiger partial charge in [0.05, 0.1) is 16.9 Å². The van der Waals surface area contributed by atoms with E-state index in [0.717, 1.165) is 50.0 Å². The molecule has 5 heteroatoms. The van der Waals surface area contributed by atoms with Crippen LogP contribution in [-0.2, 0) is 0 Å². The molecular weight excluding hydrogens is 314 g/mol. The molecule has 1 unspecified atom stereocenters. The summed E-state index contributed by atoms with van der Waals surface area (Å²) >= 11 is 0. The van der Waals surface area contributed by atoms with Crippen LogP contribution in [0.5, 0.6) is 0 Å². The lowest BCUT2D eigenvalue weighted by molar-refractivity contribution is -0.0192. The first-order chi connectivity index (χ1) is 12.0. The first-order valence-electron chi connectivity index (χ1n) is 9.89. The highest BCUT2D eigenvalue weighted by Crippen LogP contribution is 2.59. The normalized spacial score (nSPS) is 39.3. The van der Waals surface area contributed by atoms with E-state index >= 15 is 0 Å². The van der Waals surface area contributed by atoms with Gasteiger partial charge in [-0.1, -0.05) is 12.8 Å². The number of aromatic nitrogens is 2. The van der Waals surface area contributed by atoms with E-state index in [2.05, 4.69) is 15.3 Å². The number of aliphatic hydroxyl groups is 1. The molecule has 1 amide bonds. The predicted molar refractivity (Wildman–Crippen MR) is 93.1 cm³/mol. The lowest BCUT2D eigenvalue weighted by Gasteiger charge is -2.38. The third kappa shape index (κ3) is 2.50. The zero-order valence-electron chi connectivity index (χ0n) is 14.9. The maximum absolute atomic E-state index is 13.1.